The van der Waals surface area contributed by atoms with Gasteiger partial charge in [0.25, 0.3) is 5.91 Å². The van der Waals surface area contributed by atoms with Crippen molar-refractivity contribution in [1.82, 2.24) is 15.3 Å². The molecule has 1 N–H and O–H groups in total. The highest BCUT2D eigenvalue weighted by Gasteiger charge is 2.23. The lowest BCUT2D eigenvalue weighted by molar-refractivity contribution is 0.0950. The molecule has 5 heteroatoms. The Balaban J connectivity index is 1.53. The molecule has 0 radical (unpaired) electrons. The fourth-order valence-electron chi connectivity index (χ4n) is 2.56. The number of ether oxygens (including phenoxy) is 1. The number of benzene rings is 2. The SMILES string of the molecule is Cc1ccc(-c2nccc(Oc3cccc(C(=O)NC4CC4)c3)n2)cc1. The number of amides is 1. The first-order valence-electron chi connectivity index (χ1n) is 8.66. The number of nitrogens with zero attached hydrogens (tertiary/aromatic N) is 2. The Hall–Kier alpha value is -3.21. The van der Waals surface area contributed by atoms with Crippen LogP contribution in [0.1, 0.15) is 28.8 Å². The molecule has 26 heavy (non-hydrogen) atoms. The Bertz CT molecular complexity index is 934. The Labute approximate surface area is 152 Å². The second-order valence-electron chi connectivity index (χ2n) is 6.46. The molecule has 4 rings (SSSR count). The van der Waals surface area contributed by atoms with Crippen molar-refractivity contribution in [2.24, 2.45) is 0 Å². The van der Waals surface area contributed by atoms with Crippen molar-refractivity contribution in [3.8, 4) is 23.0 Å². The molecule has 130 valence electrons. The monoisotopic (exact) mass is 345 g/mol. The van der Waals surface area contributed by atoms with E-state index in [9.17, 15) is 4.79 Å². The van der Waals surface area contributed by atoms with E-state index in [1.165, 1.54) is 5.56 Å². The van der Waals surface area contributed by atoms with Gasteiger partial charge in [0, 0.05) is 29.4 Å². The minimum Gasteiger partial charge on any atom is -0.439 e. The first kappa shape index (κ1) is 16.3. The second kappa shape index (κ2) is 6.96. The summed E-state index contributed by atoms with van der Waals surface area (Å²) in [6, 6.07) is 17.2. The number of aryl methyl sites for hydroxylation is 1. The first-order chi connectivity index (χ1) is 12.7. The maximum atomic E-state index is 12.2. The highest BCUT2D eigenvalue weighted by atomic mass is 16.5. The highest BCUT2D eigenvalue weighted by Crippen LogP contribution is 2.24. The quantitative estimate of drug-likeness (QED) is 0.755. The Morgan fingerprint density at radius 1 is 1.12 bits per heavy atom. The van der Waals surface area contributed by atoms with Crippen LogP contribution >= 0.6 is 0 Å². The highest BCUT2D eigenvalue weighted by molar-refractivity contribution is 5.94. The smallest absolute Gasteiger partial charge is 0.251 e. The molecular formula is C21H19N3O2. The van der Waals surface area contributed by atoms with Crippen LogP contribution in [0.3, 0.4) is 0 Å². The first-order valence-corrected chi connectivity index (χ1v) is 8.66. The number of nitrogens with one attached hydrogen (secondary N) is 1. The summed E-state index contributed by atoms with van der Waals surface area (Å²) in [5.74, 6) is 1.54. The van der Waals surface area contributed by atoms with Crippen LogP contribution in [-0.4, -0.2) is 21.9 Å². The summed E-state index contributed by atoms with van der Waals surface area (Å²) >= 11 is 0. The van der Waals surface area contributed by atoms with Gasteiger partial charge in [-0.25, -0.2) is 4.98 Å². The number of carbonyl (C=O) groups excluding carboxylic acids is 1. The Kier molecular flexibility index (Phi) is 4.35. The summed E-state index contributed by atoms with van der Waals surface area (Å²) < 4.78 is 5.84. The second-order valence-corrected chi connectivity index (χ2v) is 6.46. The fourth-order valence-corrected chi connectivity index (χ4v) is 2.56. The third kappa shape index (κ3) is 3.88. The molecule has 5 nitrogen and oxygen atoms in total. The molecule has 0 unspecified atom stereocenters. The Morgan fingerprint density at radius 2 is 1.92 bits per heavy atom. The van der Waals surface area contributed by atoms with Gasteiger partial charge in [-0.1, -0.05) is 35.9 Å². The summed E-state index contributed by atoms with van der Waals surface area (Å²) in [6.45, 7) is 2.04. The van der Waals surface area contributed by atoms with Crippen LogP contribution in [0.15, 0.2) is 60.8 Å². The molecular weight excluding hydrogens is 326 g/mol. The number of aromatic nitrogens is 2. The lowest BCUT2D eigenvalue weighted by Crippen LogP contribution is -2.25. The van der Waals surface area contributed by atoms with E-state index in [4.69, 9.17) is 4.74 Å². The summed E-state index contributed by atoms with van der Waals surface area (Å²) in [6.07, 6.45) is 3.79. The predicted molar refractivity (Wildman–Crippen MR) is 99.2 cm³/mol. The third-order valence-electron chi connectivity index (χ3n) is 4.17. The largest absolute Gasteiger partial charge is 0.439 e. The van der Waals surface area contributed by atoms with E-state index in [1.54, 1.807) is 30.5 Å². The number of hydrogen-bond donors (Lipinski definition) is 1. The van der Waals surface area contributed by atoms with E-state index in [0.717, 1.165) is 18.4 Å². The third-order valence-corrected chi connectivity index (χ3v) is 4.17. The van der Waals surface area contributed by atoms with Crippen LogP contribution in [-0.2, 0) is 0 Å². The molecule has 0 saturated heterocycles. The maximum Gasteiger partial charge on any atom is 0.251 e. The average Bonchev–Trinajstić information content (AvgIpc) is 3.47. The molecule has 0 atom stereocenters. The van der Waals surface area contributed by atoms with Gasteiger partial charge < -0.3 is 10.1 Å². The Morgan fingerprint density at radius 3 is 2.69 bits per heavy atom. The molecule has 1 fully saturated rings. The molecule has 3 aromatic rings. The zero-order valence-electron chi connectivity index (χ0n) is 14.5. The van der Waals surface area contributed by atoms with Gasteiger partial charge in [0.15, 0.2) is 5.82 Å². The van der Waals surface area contributed by atoms with Crippen LogP contribution in [0.25, 0.3) is 11.4 Å². The summed E-state index contributed by atoms with van der Waals surface area (Å²) in [5, 5.41) is 2.98. The van der Waals surface area contributed by atoms with E-state index >= 15 is 0 Å². The van der Waals surface area contributed by atoms with Gasteiger partial charge in [0.05, 0.1) is 0 Å². The van der Waals surface area contributed by atoms with Crippen LogP contribution in [0.5, 0.6) is 11.6 Å². The zero-order chi connectivity index (χ0) is 17.9. The lowest BCUT2D eigenvalue weighted by atomic mass is 10.1. The van der Waals surface area contributed by atoms with Gasteiger partial charge >= 0.3 is 0 Å². The lowest BCUT2D eigenvalue weighted by Gasteiger charge is -2.08. The van der Waals surface area contributed by atoms with Gasteiger partial charge in [0.2, 0.25) is 5.88 Å². The van der Waals surface area contributed by atoms with Crippen molar-refractivity contribution in [2.75, 3.05) is 0 Å². The number of rotatable bonds is 5. The standard InChI is InChI=1S/C21H19N3O2/c1-14-5-7-15(8-6-14)20-22-12-11-19(24-20)26-18-4-2-3-16(13-18)21(25)23-17-9-10-17/h2-8,11-13,17H,9-10H2,1H3,(H,23,25). The van der Waals surface area contributed by atoms with E-state index in [-0.39, 0.29) is 5.91 Å². The van der Waals surface area contributed by atoms with E-state index < -0.39 is 0 Å². The van der Waals surface area contributed by atoms with Crippen LogP contribution in [0.2, 0.25) is 0 Å². The molecule has 0 aliphatic heterocycles. The van der Waals surface area contributed by atoms with Gasteiger partial charge in [0.1, 0.15) is 5.75 Å². The van der Waals surface area contributed by atoms with Crippen molar-refractivity contribution >= 4 is 5.91 Å². The van der Waals surface area contributed by atoms with Crippen LogP contribution in [0, 0.1) is 6.92 Å². The minimum atomic E-state index is -0.0685. The van der Waals surface area contributed by atoms with Crippen LogP contribution in [0.4, 0.5) is 0 Å². The van der Waals surface area contributed by atoms with Crippen molar-refractivity contribution in [1.29, 1.82) is 0 Å². The summed E-state index contributed by atoms with van der Waals surface area (Å²) in [7, 11) is 0. The molecule has 1 aromatic heterocycles. The summed E-state index contributed by atoms with van der Waals surface area (Å²) in [4.78, 5) is 21.0. The molecule has 0 bridgehead atoms. The molecule has 1 aliphatic rings. The number of hydrogen-bond acceptors (Lipinski definition) is 4. The van der Waals surface area contributed by atoms with Crippen molar-refractivity contribution in [3.05, 3.63) is 71.9 Å². The van der Waals surface area contributed by atoms with Crippen molar-refractivity contribution < 1.29 is 9.53 Å². The molecule has 1 saturated carbocycles. The maximum absolute atomic E-state index is 12.2. The normalized spacial score (nSPS) is 13.3. The minimum absolute atomic E-state index is 0.0685. The van der Waals surface area contributed by atoms with Gasteiger partial charge in [-0.15, -0.1) is 0 Å². The molecule has 2 aromatic carbocycles. The van der Waals surface area contributed by atoms with Gasteiger partial charge in [-0.05, 0) is 38.0 Å². The number of carbonyl (C=O) groups is 1. The fraction of sp³-hybridized carbons (Fsp3) is 0.190. The van der Waals surface area contributed by atoms with Gasteiger partial charge in [-0.3, -0.25) is 4.79 Å². The molecule has 0 spiro atoms. The zero-order valence-corrected chi connectivity index (χ0v) is 14.5. The van der Waals surface area contributed by atoms with Crippen LogP contribution < -0.4 is 10.1 Å². The van der Waals surface area contributed by atoms with E-state index in [2.05, 4.69) is 15.3 Å². The van der Waals surface area contributed by atoms with Gasteiger partial charge in [-0.2, -0.15) is 4.98 Å². The topological polar surface area (TPSA) is 64.1 Å². The van der Waals surface area contributed by atoms with E-state index in [0.29, 0.717) is 29.1 Å². The predicted octanol–water partition coefficient (Wildman–Crippen LogP) is 4.14. The molecule has 1 aliphatic carbocycles. The molecule has 1 amide bonds. The average molecular weight is 345 g/mol. The summed E-state index contributed by atoms with van der Waals surface area (Å²) in [5.41, 5.74) is 2.70. The van der Waals surface area contributed by atoms with Crippen molar-refractivity contribution in [2.45, 2.75) is 25.8 Å². The molecule has 1 heterocycles. The van der Waals surface area contributed by atoms with E-state index in [1.807, 2.05) is 37.3 Å². The van der Waals surface area contributed by atoms with Crippen molar-refractivity contribution in [3.63, 3.8) is 0 Å².